The lowest BCUT2D eigenvalue weighted by Crippen LogP contribution is -2.57. The predicted molar refractivity (Wildman–Crippen MR) is 92.3 cm³/mol. The highest BCUT2D eigenvalue weighted by molar-refractivity contribution is 5.85. The molecule has 1 aromatic heterocycles. The number of aromatic amines is 1. The number of nitrogens with zero attached hydrogens (tertiary/aromatic N) is 1. The number of allylic oxidation sites excluding steroid dienone is 1. The molecule has 5 atom stereocenters. The number of para-hydroxylation sites is 1. The summed E-state index contributed by atoms with van der Waals surface area (Å²) in [6.07, 6.45) is 5.74. The van der Waals surface area contributed by atoms with Gasteiger partial charge in [-0.1, -0.05) is 29.8 Å². The Morgan fingerprint density at radius 3 is 3.04 bits per heavy atom. The maximum Gasteiger partial charge on any atom is 0.0513 e. The summed E-state index contributed by atoms with van der Waals surface area (Å²) in [6, 6.07) is 9.76. The number of hydrogen-bond acceptors (Lipinski definition) is 2. The van der Waals surface area contributed by atoms with Crippen molar-refractivity contribution >= 4 is 10.9 Å². The number of H-pyrrole nitrogens is 1. The van der Waals surface area contributed by atoms with Crippen LogP contribution in [-0.4, -0.2) is 34.2 Å². The van der Waals surface area contributed by atoms with Crippen molar-refractivity contribution in [1.29, 1.82) is 0 Å². The highest BCUT2D eigenvalue weighted by Crippen LogP contribution is 2.52. The Morgan fingerprint density at radius 2 is 2.22 bits per heavy atom. The van der Waals surface area contributed by atoms with Crippen LogP contribution in [0.3, 0.4) is 0 Å². The van der Waals surface area contributed by atoms with Crippen molar-refractivity contribution in [3.63, 3.8) is 0 Å². The molecular formula is C20H24N2O. The second-order valence-corrected chi connectivity index (χ2v) is 7.41. The van der Waals surface area contributed by atoms with Gasteiger partial charge in [-0.2, -0.15) is 0 Å². The van der Waals surface area contributed by atoms with Crippen LogP contribution in [0.4, 0.5) is 0 Å². The van der Waals surface area contributed by atoms with Gasteiger partial charge in [0.2, 0.25) is 0 Å². The molecule has 120 valence electrons. The van der Waals surface area contributed by atoms with E-state index in [1.807, 2.05) is 0 Å². The van der Waals surface area contributed by atoms with Crippen molar-refractivity contribution in [2.45, 2.75) is 38.3 Å². The Morgan fingerprint density at radius 1 is 1.35 bits per heavy atom. The van der Waals surface area contributed by atoms with Crippen molar-refractivity contribution in [1.82, 2.24) is 9.88 Å². The molecule has 3 fully saturated rings. The molecule has 5 unspecified atom stereocenters. The number of hydrogen-bond donors (Lipinski definition) is 2. The lowest BCUT2D eigenvalue weighted by molar-refractivity contribution is -0.0417. The summed E-state index contributed by atoms with van der Waals surface area (Å²) < 4.78 is 0. The van der Waals surface area contributed by atoms with Crippen LogP contribution in [0, 0.1) is 11.8 Å². The fraction of sp³-hybridized carbons (Fsp3) is 0.500. The Kier molecular flexibility index (Phi) is 2.98. The van der Waals surface area contributed by atoms with Crippen LogP contribution < -0.4 is 0 Å². The Balaban J connectivity index is 1.66. The van der Waals surface area contributed by atoms with Gasteiger partial charge in [0.15, 0.2) is 0 Å². The van der Waals surface area contributed by atoms with E-state index < -0.39 is 0 Å². The molecule has 0 spiro atoms. The number of benzene rings is 1. The first-order valence-corrected chi connectivity index (χ1v) is 8.93. The van der Waals surface area contributed by atoms with Crippen LogP contribution in [0.1, 0.15) is 37.1 Å². The van der Waals surface area contributed by atoms with Crippen LogP contribution in [0.2, 0.25) is 0 Å². The number of aromatic nitrogens is 1. The molecule has 4 bridgehead atoms. The number of aliphatic hydroxyl groups excluding tert-OH is 1. The van der Waals surface area contributed by atoms with Crippen LogP contribution in [-0.2, 0) is 6.42 Å². The van der Waals surface area contributed by atoms with E-state index in [0.29, 0.717) is 30.5 Å². The van der Waals surface area contributed by atoms with Gasteiger partial charge in [0.25, 0.3) is 0 Å². The van der Waals surface area contributed by atoms with E-state index in [4.69, 9.17) is 0 Å². The normalized spacial score (nSPS) is 37.1. The lowest BCUT2D eigenvalue weighted by Gasteiger charge is -2.55. The zero-order chi connectivity index (χ0) is 15.6. The molecule has 0 amide bonds. The van der Waals surface area contributed by atoms with E-state index in [1.165, 1.54) is 34.2 Å². The Labute approximate surface area is 137 Å². The summed E-state index contributed by atoms with van der Waals surface area (Å²) in [5, 5.41) is 11.4. The van der Waals surface area contributed by atoms with E-state index in [-0.39, 0.29) is 0 Å². The fourth-order valence-electron chi connectivity index (χ4n) is 5.56. The SMILES string of the molecule is CC=C1CN2C3CC1C(CO)C2CCc1c3[nH]c2ccccc12. The molecule has 0 aliphatic carbocycles. The molecular weight excluding hydrogens is 284 g/mol. The molecule has 1 aromatic carbocycles. The number of aliphatic hydroxyl groups is 1. The maximum atomic E-state index is 10.0. The van der Waals surface area contributed by atoms with Crippen molar-refractivity contribution in [2.24, 2.45) is 11.8 Å². The number of fused-ring (bicyclic) bond motifs is 4. The average Bonchev–Trinajstić information content (AvgIpc) is 2.92. The summed E-state index contributed by atoms with van der Waals surface area (Å²) in [5.41, 5.74) is 5.80. The highest BCUT2D eigenvalue weighted by atomic mass is 16.3. The van der Waals surface area contributed by atoms with E-state index in [2.05, 4.69) is 47.1 Å². The highest BCUT2D eigenvalue weighted by Gasteiger charge is 2.50. The van der Waals surface area contributed by atoms with Crippen molar-refractivity contribution < 1.29 is 5.11 Å². The minimum atomic E-state index is 0.324. The van der Waals surface area contributed by atoms with Gasteiger partial charge in [0.05, 0.1) is 6.04 Å². The third-order valence-electron chi connectivity index (χ3n) is 6.61. The quantitative estimate of drug-likeness (QED) is 0.793. The van der Waals surface area contributed by atoms with Gasteiger partial charge in [-0.15, -0.1) is 0 Å². The molecule has 0 saturated carbocycles. The summed E-state index contributed by atoms with van der Waals surface area (Å²) in [6.45, 7) is 3.57. The number of rotatable bonds is 1. The van der Waals surface area contributed by atoms with E-state index in [0.717, 1.165) is 19.4 Å². The zero-order valence-electron chi connectivity index (χ0n) is 13.6. The van der Waals surface area contributed by atoms with Crippen LogP contribution in [0.25, 0.3) is 10.9 Å². The molecule has 6 rings (SSSR count). The van der Waals surface area contributed by atoms with Crippen LogP contribution in [0.5, 0.6) is 0 Å². The Hall–Kier alpha value is -1.58. The molecule has 3 saturated heterocycles. The van der Waals surface area contributed by atoms with Gasteiger partial charge in [0, 0.05) is 41.7 Å². The van der Waals surface area contributed by atoms with Crippen LogP contribution in [0.15, 0.2) is 35.9 Å². The van der Waals surface area contributed by atoms with Gasteiger partial charge in [-0.05, 0) is 43.7 Å². The predicted octanol–water partition coefficient (Wildman–Crippen LogP) is 3.41. The average molecular weight is 308 g/mol. The number of aryl methyl sites for hydroxylation is 1. The molecule has 5 heterocycles. The van der Waals surface area contributed by atoms with E-state index in [1.54, 1.807) is 0 Å². The van der Waals surface area contributed by atoms with E-state index in [9.17, 15) is 5.11 Å². The third-order valence-corrected chi connectivity index (χ3v) is 6.61. The lowest BCUT2D eigenvalue weighted by atomic mass is 9.68. The molecule has 3 heteroatoms. The van der Waals surface area contributed by atoms with Gasteiger partial charge in [0.1, 0.15) is 0 Å². The van der Waals surface area contributed by atoms with Crippen molar-refractivity contribution in [3.8, 4) is 0 Å². The topological polar surface area (TPSA) is 39.3 Å². The molecule has 3 nitrogen and oxygen atoms in total. The summed E-state index contributed by atoms with van der Waals surface area (Å²) >= 11 is 0. The van der Waals surface area contributed by atoms with Gasteiger partial charge in [-0.25, -0.2) is 0 Å². The monoisotopic (exact) mass is 308 g/mol. The molecule has 0 radical (unpaired) electrons. The second kappa shape index (κ2) is 4.96. The van der Waals surface area contributed by atoms with Crippen molar-refractivity contribution in [3.05, 3.63) is 47.2 Å². The maximum absolute atomic E-state index is 10.0. The molecule has 2 N–H and O–H groups in total. The molecule has 2 aromatic rings. The fourth-order valence-corrected chi connectivity index (χ4v) is 5.56. The van der Waals surface area contributed by atoms with Gasteiger partial charge >= 0.3 is 0 Å². The smallest absolute Gasteiger partial charge is 0.0513 e. The molecule has 4 aliphatic rings. The van der Waals surface area contributed by atoms with E-state index >= 15 is 0 Å². The largest absolute Gasteiger partial charge is 0.396 e. The standard InChI is InChI=1S/C20H24N2O/c1-2-12-10-22-18-8-7-14-13-5-3-4-6-17(13)21-20(14)19(22)9-15(12)16(18)11-23/h2-6,15-16,18-19,21,23H,7-11H2,1H3. The summed E-state index contributed by atoms with van der Waals surface area (Å²) in [7, 11) is 0. The summed E-state index contributed by atoms with van der Waals surface area (Å²) in [5.74, 6) is 0.976. The first kappa shape index (κ1) is 13.8. The molecule has 23 heavy (non-hydrogen) atoms. The Bertz CT molecular complexity index is 790. The first-order chi connectivity index (χ1) is 11.3. The first-order valence-electron chi connectivity index (χ1n) is 8.93. The number of piperidine rings is 3. The van der Waals surface area contributed by atoms with Gasteiger partial charge < -0.3 is 10.1 Å². The zero-order valence-corrected chi connectivity index (χ0v) is 13.6. The molecule has 4 aliphatic heterocycles. The third kappa shape index (κ3) is 1.78. The summed E-state index contributed by atoms with van der Waals surface area (Å²) in [4.78, 5) is 6.42. The van der Waals surface area contributed by atoms with Crippen molar-refractivity contribution in [2.75, 3.05) is 13.2 Å². The second-order valence-electron chi connectivity index (χ2n) is 7.41. The van der Waals surface area contributed by atoms with Crippen LogP contribution >= 0.6 is 0 Å². The minimum Gasteiger partial charge on any atom is -0.396 e. The minimum absolute atomic E-state index is 0.324. The number of nitrogens with one attached hydrogen (secondary N) is 1. The van der Waals surface area contributed by atoms with Gasteiger partial charge in [-0.3, -0.25) is 4.90 Å².